The van der Waals surface area contributed by atoms with E-state index in [1.165, 1.54) is 19.3 Å². The molecule has 3 N–H and O–H groups in total. The Labute approximate surface area is 177 Å². The molecule has 1 aliphatic rings. The molecule has 2 atom stereocenters. The number of nitrogens with one attached hydrogen (secondary N) is 2. The van der Waals surface area contributed by atoms with Gasteiger partial charge in [-0.2, -0.15) is 0 Å². The first-order valence-electron chi connectivity index (χ1n) is 11.2. The summed E-state index contributed by atoms with van der Waals surface area (Å²) in [5.74, 6) is 0.475. The highest BCUT2D eigenvalue weighted by Gasteiger charge is 2.27. The molecule has 1 fully saturated rings. The average Bonchev–Trinajstić information content (AvgIpc) is 2.65. The number of hydrogen-bond acceptors (Lipinski definition) is 5. The molecule has 29 heavy (non-hydrogen) atoms. The Hall–Kier alpha value is -1.28. The van der Waals surface area contributed by atoms with Crippen molar-refractivity contribution in [2.75, 3.05) is 19.8 Å². The van der Waals surface area contributed by atoms with Crippen molar-refractivity contribution in [2.45, 2.75) is 96.1 Å². The Morgan fingerprint density at radius 1 is 1.07 bits per heavy atom. The van der Waals surface area contributed by atoms with Crippen LogP contribution in [0.25, 0.3) is 0 Å². The minimum atomic E-state index is -1.26. The second-order valence-electron chi connectivity index (χ2n) is 9.37. The van der Waals surface area contributed by atoms with E-state index in [0.717, 1.165) is 31.7 Å². The van der Waals surface area contributed by atoms with Crippen molar-refractivity contribution in [1.82, 2.24) is 10.6 Å². The minimum Gasteiger partial charge on any atom is -0.450 e. The van der Waals surface area contributed by atoms with Crippen LogP contribution in [0.4, 0.5) is 9.59 Å². The number of rotatable bonds is 12. The quantitative estimate of drug-likeness (QED) is 0.317. The zero-order chi connectivity index (χ0) is 21.7. The van der Waals surface area contributed by atoms with E-state index in [2.05, 4.69) is 30.3 Å². The maximum Gasteiger partial charge on any atom is 0.407 e. The summed E-state index contributed by atoms with van der Waals surface area (Å²) in [7, 11) is -1.26. The van der Waals surface area contributed by atoms with Crippen molar-refractivity contribution in [2.24, 2.45) is 5.92 Å². The number of carbonyl (C=O) groups excluding carboxylic acids is 2. The summed E-state index contributed by atoms with van der Waals surface area (Å²) < 4.78 is 10.4. The number of hydrogen-bond donors (Lipinski definition) is 3. The molecule has 8 heteroatoms. The SMILES string of the molecule is CCCCOC(=O)N[C@@H](CC1CCCCC1)[C@@H](O)CNC(=O)OCC[Si](C)(C)C. The van der Waals surface area contributed by atoms with E-state index in [9.17, 15) is 14.7 Å². The summed E-state index contributed by atoms with van der Waals surface area (Å²) in [6.07, 6.45) is 6.40. The van der Waals surface area contributed by atoms with E-state index in [1.54, 1.807) is 0 Å². The molecule has 1 saturated carbocycles. The molecule has 0 aliphatic heterocycles. The van der Waals surface area contributed by atoms with Gasteiger partial charge in [-0.3, -0.25) is 0 Å². The number of unbranched alkanes of at least 4 members (excludes halogenated alkanes) is 1. The van der Waals surface area contributed by atoms with Crippen molar-refractivity contribution in [1.29, 1.82) is 0 Å². The van der Waals surface area contributed by atoms with Crippen LogP contribution >= 0.6 is 0 Å². The highest BCUT2D eigenvalue weighted by Crippen LogP contribution is 2.28. The number of aliphatic hydroxyl groups excluding tert-OH is 1. The molecule has 0 saturated heterocycles. The summed E-state index contributed by atoms with van der Waals surface area (Å²) in [6, 6.07) is 0.452. The van der Waals surface area contributed by atoms with Crippen molar-refractivity contribution in [3.8, 4) is 0 Å². The van der Waals surface area contributed by atoms with Gasteiger partial charge in [0, 0.05) is 14.6 Å². The molecule has 1 aliphatic carbocycles. The molecule has 0 heterocycles. The normalized spacial score (nSPS) is 17.3. The predicted molar refractivity (Wildman–Crippen MR) is 118 cm³/mol. The lowest BCUT2D eigenvalue weighted by atomic mass is 9.83. The molecule has 0 aromatic carbocycles. The van der Waals surface area contributed by atoms with Gasteiger partial charge >= 0.3 is 12.2 Å². The second-order valence-corrected chi connectivity index (χ2v) is 15.0. The van der Waals surface area contributed by atoms with Gasteiger partial charge in [-0.15, -0.1) is 0 Å². The smallest absolute Gasteiger partial charge is 0.407 e. The topological polar surface area (TPSA) is 96.9 Å². The van der Waals surface area contributed by atoms with Crippen LogP contribution in [-0.2, 0) is 9.47 Å². The highest BCUT2D eigenvalue weighted by molar-refractivity contribution is 6.76. The largest absolute Gasteiger partial charge is 0.450 e. The molecule has 7 nitrogen and oxygen atoms in total. The Balaban J connectivity index is 2.49. The molecular formula is C21H42N2O5Si. The fourth-order valence-corrected chi connectivity index (χ4v) is 4.14. The summed E-state index contributed by atoms with van der Waals surface area (Å²) in [5, 5.41) is 16.1. The first kappa shape index (κ1) is 25.8. The van der Waals surface area contributed by atoms with Crippen molar-refractivity contribution in [3.05, 3.63) is 0 Å². The van der Waals surface area contributed by atoms with Crippen LogP contribution in [0.1, 0.15) is 58.3 Å². The summed E-state index contributed by atoms with van der Waals surface area (Å²) in [6.45, 7) is 9.50. The van der Waals surface area contributed by atoms with Crippen LogP contribution in [0, 0.1) is 5.92 Å². The maximum atomic E-state index is 12.1. The molecule has 170 valence electrons. The van der Waals surface area contributed by atoms with Crippen molar-refractivity contribution >= 4 is 20.3 Å². The molecule has 0 radical (unpaired) electrons. The lowest BCUT2D eigenvalue weighted by Gasteiger charge is -2.30. The van der Waals surface area contributed by atoms with Crippen LogP contribution in [0.3, 0.4) is 0 Å². The number of aliphatic hydroxyl groups is 1. The first-order valence-corrected chi connectivity index (χ1v) is 14.9. The standard InChI is InChI=1S/C21H42N2O5Si/c1-5-6-12-27-21(26)23-18(15-17-10-8-7-9-11-17)19(24)16-22-20(25)28-13-14-29(2,3)4/h17-19,24H,5-16H2,1-4H3,(H,22,25)(H,23,26)/t18-,19-/m0/s1. The molecule has 0 spiro atoms. The van der Waals surface area contributed by atoms with E-state index >= 15 is 0 Å². The van der Waals surface area contributed by atoms with Gasteiger partial charge in [0.1, 0.15) is 0 Å². The van der Waals surface area contributed by atoms with Crippen LogP contribution in [0.5, 0.6) is 0 Å². The van der Waals surface area contributed by atoms with Crippen molar-refractivity contribution in [3.63, 3.8) is 0 Å². The van der Waals surface area contributed by atoms with Crippen LogP contribution in [0.2, 0.25) is 25.7 Å². The molecule has 0 aromatic heterocycles. The third kappa shape index (κ3) is 12.8. The van der Waals surface area contributed by atoms with Gasteiger partial charge in [0.2, 0.25) is 0 Å². The monoisotopic (exact) mass is 430 g/mol. The van der Waals surface area contributed by atoms with Crippen LogP contribution in [0.15, 0.2) is 0 Å². The lowest BCUT2D eigenvalue weighted by Crippen LogP contribution is -2.49. The minimum absolute atomic E-state index is 0.0401. The second kappa shape index (κ2) is 13.9. The Morgan fingerprint density at radius 3 is 2.34 bits per heavy atom. The van der Waals surface area contributed by atoms with E-state index in [4.69, 9.17) is 9.47 Å². The molecule has 1 rings (SSSR count). The summed E-state index contributed by atoms with van der Waals surface area (Å²) >= 11 is 0. The molecule has 0 bridgehead atoms. The number of alkyl carbamates (subject to hydrolysis) is 2. The van der Waals surface area contributed by atoms with Crippen LogP contribution in [-0.4, -0.2) is 57.3 Å². The Kier molecular flexibility index (Phi) is 12.3. The van der Waals surface area contributed by atoms with E-state index in [0.29, 0.717) is 25.6 Å². The van der Waals surface area contributed by atoms with Gasteiger partial charge < -0.3 is 25.2 Å². The summed E-state index contributed by atoms with van der Waals surface area (Å²) in [5.41, 5.74) is 0. The Morgan fingerprint density at radius 2 is 1.72 bits per heavy atom. The van der Waals surface area contributed by atoms with Gasteiger partial charge in [0.25, 0.3) is 0 Å². The fourth-order valence-electron chi connectivity index (χ4n) is 3.43. The van der Waals surface area contributed by atoms with Gasteiger partial charge in [-0.25, -0.2) is 9.59 Å². The number of ether oxygens (including phenoxy) is 2. The number of carbonyl (C=O) groups is 2. The van der Waals surface area contributed by atoms with Gasteiger partial charge in [-0.1, -0.05) is 65.1 Å². The molecule has 0 unspecified atom stereocenters. The van der Waals surface area contributed by atoms with Gasteiger partial charge in [0.15, 0.2) is 0 Å². The average molecular weight is 431 g/mol. The zero-order valence-corrected chi connectivity index (χ0v) is 19.8. The van der Waals surface area contributed by atoms with Crippen molar-refractivity contribution < 1.29 is 24.2 Å². The van der Waals surface area contributed by atoms with E-state index in [-0.39, 0.29) is 6.54 Å². The number of amides is 2. The van der Waals surface area contributed by atoms with E-state index in [1.807, 2.05) is 6.92 Å². The third-order valence-electron chi connectivity index (χ3n) is 5.35. The lowest BCUT2D eigenvalue weighted by molar-refractivity contribution is 0.0874. The maximum absolute atomic E-state index is 12.1. The van der Waals surface area contributed by atoms with E-state index < -0.39 is 32.4 Å². The van der Waals surface area contributed by atoms with Gasteiger partial charge in [0.05, 0.1) is 25.4 Å². The molecular weight excluding hydrogens is 388 g/mol. The van der Waals surface area contributed by atoms with Gasteiger partial charge in [-0.05, 0) is 24.8 Å². The molecule has 2 amide bonds. The Bertz CT molecular complexity index is 478. The third-order valence-corrected chi connectivity index (χ3v) is 7.06. The molecule has 0 aromatic rings. The first-order chi connectivity index (χ1) is 13.7. The fraction of sp³-hybridized carbons (Fsp3) is 0.905. The zero-order valence-electron chi connectivity index (χ0n) is 18.8. The van der Waals surface area contributed by atoms with Crippen LogP contribution < -0.4 is 10.6 Å². The summed E-state index contributed by atoms with van der Waals surface area (Å²) in [4.78, 5) is 24.0. The predicted octanol–water partition coefficient (Wildman–Crippen LogP) is 4.28. The highest BCUT2D eigenvalue weighted by atomic mass is 28.3.